The molecule has 0 fully saturated rings. The van der Waals surface area contributed by atoms with Gasteiger partial charge in [0.15, 0.2) is 0 Å². The number of nitro benzene ring substituents is 1. The number of aliphatic hydroxyl groups is 1. The molecule has 0 saturated heterocycles. The van der Waals surface area contributed by atoms with E-state index < -0.39 is 16.4 Å². The lowest BCUT2D eigenvalue weighted by molar-refractivity contribution is -0.385. The van der Waals surface area contributed by atoms with Gasteiger partial charge in [0.25, 0.3) is 0 Å². The quantitative estimate of drug-likeness (QED) is 0.689. The highest BCUT2D eigenvalue weighted by atomic mass is 19.1. The zero-order chi connectivity index (χ0) is 15.4. The highest BCUT2D eigenvalue weighted by Gasteiger charge is 2.17. The Bertz CT molecular complexity index is 740. The van der Waals surface area contributed by atoms with E-state index in [1.807, 2.05) is 0 Å². The van der Waals surface area contributed by atoms with Crippen molar-refractivity contribution in [1.82, 2.24) is 0 Å². The lowest BCUT2D eigenvalue weighted by atomic mass is 10.2. The Hall–Kier alpha value is -2.98. The fraction of sp³-hybridized carbons (Fsp3) is 0.0714. The van der Waals surface area contributed by atoms with Crippen LogP contribution in [0.1, 0.15) is 11.1 Å². The summed E-state index contributed by atoms with van der Waals surface area (Å²) < 4.78 is 18.6. The van der Waals surface area contributed by atoms with Crippen molar-refractivity contribution in [2.45, 2.75) is 6.61 Å². The summed E-state index contributed by atoms with van der Waals surface area (Å²) >= 11 is 0. The summed E-state index contributed by atoms with van der Waals surface area (Å²) in [4.78, 5) is 10.3. The molecular weight excluding hydrogens is 279 g/mol. The van der Waals surface area contributed by atoms with Crippen LogP contribution in [-0.2, 0) is 6.61 Å². The number of nitrogens with zero attached hydrogens (tertiary/aromatic N) is 2. The van der Waals surface area contributed by atoms with Crippen LogP contribution in [-0.4, -0.2) is 10.0 Å². The van der Waals surface area contributed by atoms with Crippen LogP contribution in [0.4, 0.5) is 10.1 Å². The van der Waals surface area contributed by atoms with Gasteiger partial charge in [-0.25, -0.2) is 4.39 Å². The number of rotatable bonds is 4. The summed E-state index contributed by atoms with van der Waals surface area (Å²) in [7, 11) is 0. The molecule has 7 heteroatoms. The molecule has 0 saturated carbocycles. The van der Waals surface area contributed by atoms with Crippen LogP contribution in [0.5, 0.6) is 11.5 Å². The van der Waals surface area contributed by atoms with Crippen LogP contribution in [0, 0.1) is 27.3 Å². The van der Waals surface area contributed by atoms with Gasteiger partial charge in [0.05, 0.1) is 23.2 Å². The summed E-state index contributed by atoms with van der Waals surface area (Å²) in [5, 5.41) is 28.7. The van der Waals surface area contributed by atoms with Crippen molar-refractivity contribution >= 4 is 5.69 Å². The van der Waals surface area contributed by atoms with Gasteiger partial charge in [0, 0.05) is 12.1 Å². The van der Waals surface area contributed by atoms with Crippen molar-refractivity contribution in [3.63, 3.8) is 0 Å². The lowest BCUT2D eigenvalue weighted by Crippen LogP contribution is -1.95. The second-order valence-electron chi connectivity index (χ2n) is 4.11. The number of nitriles is 1. The molecule has 0 atom stereocenters. The molecule has 6 nitrogen and oxygen atoms in total. The number of halogens is 1. The van der Waals surface area contributed by atoms with E-state index in [0.717, 1.165) is 18.2 Å². The maximum Gasteiger partial charge on any atom is 0.312 e. The highest BCUT2D eigenvalue weighted by molar-refractivity contribution is 5.53. The minimum atomic E-state index is -0.692. The van der Waals surface area contributed by atoms with E-state index in [9.17, 15) is 14.5 Å². The molecule has 0 aliphatic carbocycles. The predicted molar refractivity (Wildman–Crippen MR) is 70.2 cm³/mol. The Morgan fingerprint density at radius 3 is 2.71 bits per heavy atom. The topological polar surface area (TPSA) is 96.4 Å². The summed E-state index contributed by atoms with van der Waals surface area (Å²) in [6.07, 6.45) is 0. The van der Waals surface area contributed by atoms with E-state index in [1.54, 1.807) is 6.07 Å². The van der Waals surface area contributed by atoms with Crippen LogP contribution >= 0.6 is 0 Å². The molecule has 0 aliphatic rings. The number of hydrogen-bond donors (Lipinski definition) is 1. The fourth-order valence-corrected chi connectivity index (χ4v) is 1.71. The van der Waals surface area contributed by atoms with Crippen molar-refractivity contribution in [2.24, 2.45) is 0 Å². The van der Waals surface area contributed by atoms with Gasteiger partial charge in [-0.05, 0) is 29.8 Å². The molecule has 1 N–H and O–H groups in total. The summed E-state index contributed by atoms with van der Waals surface area (Å²) in [5.74, 6) is -0.729. The zero-order valence-electron chi connectivity index (χ0n) is 10.6. The Morgan fingerprint density at radius 2 is 2.10 bits per heavy atom. The maximum absolute atomic E-state index is 13.3. The average Bonchev–Trinajstić information content (AvgIpc) is 2.46. The first-order valence-corrected chi connectivity index (χ1v) is 5.80. The molecular formula is C14H9FN2O4. The summed E-state index contributed by atoms with van der Waals surface area (Å²) in [6.45, 7) is -0.385. The molecule has 21 heavy (non-hydrogen) atoms. The number of hydrogen-bond acceptors (Lipinski definition) is 5. The van der Waals surface area contributed by atoms with E-state index >= 15 is 0 Å². The maximum atomic E-state index is 13.3. The smallest absolute Gasteiger partial charge is 0.312 e. The molecule has 2 rings (SSSR count). The SMILES string of the molecule is N#Cc1ccc(Oc2cc(F)cc(CO)c2)c([N+](=O)[O-])c1. The van der Waals surface area contributed by atoms with Crippen molar-refractivity contribution in [2.75, 3.05) is 0 Å². The minimum absolute atomic E-state index is 0.0202. The Labute approximate surface area is 118 Å². The highest BCUT2D eigenvalue weighted by Crippen LogP contribution is 2.32. The third kappa shape index (κ3) is 3.32. The van der Waals surface area contributed by atoms with Gasteiger partial charge >= 0.3 is 5.69 Å². The van der Waals surface area contributed by atoms with Gasteiger partial charge in [-0.3, -0.25) is 10.1 Å². The third-order valence-electron chi connectivity index (χ3n) is 2.63. The van der Waals surface area contributed by atoms with Gasteiger partial charge in [-0.1, -0.05) is 0 Å². The van der Waals surface area contributed by atoms with Crippen molar-refractivity contribution in [3.05, 3.63) is 63.5 Å². The van der Waals surface area contributed by atoms with Crippen molar-refractivity contribution < 1.29 is 19.2 Å². The molecule has 0 spiro atoms. The van der Waals surface area contributed by atoms with E-state index in [0.29, 0.717) is 0 Å². The van der Waals surface area contributed by atoms with E-state index in [2.05, 4.69) is 0 Å². The second kappa shape index (κ2) is 5.98. The first kappa shape index (κ1) is 14.4. The first-order chi connectivity index (χ1) is 10.0. The molecule has 0 radical (unpaired) electrons. The Kier molecular flexibility index (Phi) is 4.11. The largest absolute Gasteiger partial charge is 0.450 e. The van der Waals surface area contributed by atoms with Gasteiger partial charge in [-0.15, -0.1) is 0 Å². The number of benzene rings is 2. The molecule has 0 aromatic heterocycles. The molecule has 0 heterocycles. The summed E-state index contributed by atoms with van der Waals surface area (Å²) in [6, 6.07) is 9.01. The van der Waals surface area contributed by atoms with Crippen molar-refractivity contribution in [3.8, 4) is 17.6 Å². The van der Waals surface area contributed by atoms with Crippen LogP contribution < -0.4 is 4.74 Å². The van der Waals surface area contributed by atoms with Crippen LogP contribution in [0.25, 0.3) is 0 Å². The molecule has 2 aromatic rings. The van der Waals surface area contributed by atoms with Crippen LogP contribution in [0.2, 0.25) is 0 Å². The van der Waals surface area contributed by atoms with Crippen molar-refractivity contribution in [1.29, 1.82) is 5.26 Å². The first-order valence-electron chi connectivity index (χ1n) is 5.80. The summed E-state index contributed by atoms with van der Waals surface area (Å²) in [5.41, 5.74) is -0.00510. The van der Waals surface area contributed by atoms with Crippen LogP contribution in [0.3, 0.4) is 0 Å². The third-order valence-corrected chi connectivity index (χ3v) is 2.63. The van der Waals surface area contributed by atoms with Gasteiger partial charge in [0.1, 0.15) is 11.6 Å². The molecule has 0 unspecified atom stereocenters. The van der Waals surface area contributed by atoms with E-state index in [-0.39, 0.29) is 29.2 Å². The second-order valence-corrected chi connectivity index (χ2v) is 4.11. The number of nitro groups is 1. The van der Waals surface area contributed by atoms with E-state index in [1.165, 1.54) is 18.2 Å². The molecule has 0 bridgehead atoms. The molecule has 106 valence electrons. The van der Waals surface area contributed by atoms with E-state index in [4.69, 9.17) is 15.1 Å². The van der Waals surface area contributed by atoms with Gasteiger partial charge < -0.3 is 9.84 Å². The fourth-order valence-electron chi connectivity index (χ4n) is 1.71. The normalized spacial score (nSPS) is 9.95. The molecule has 0 amide bonds. The monoisotopic (exact) mass is 288 g/mol. The molecule has 2 aromatic carbocycles. The molecule has 0 aliphatic heterocycles. The zero-order valence-corrected chi connectivity index (χ0v) is 10.6. The Morgan fingerprint density at radius 1 is 1.33 bits per heavy atom. The lowest BCUT2D eigenvalue weighted by Gasteiger charge is -2.08. The van der Waals surface area contributed by atoms with Gasteiger partial charge in [0.2, 0.25) is 5.75 Å². The average molecular weight is 288 g/mol. The standard InChI is InChI=1S/C14H9FN2O4/c15-11-3-10(8-18)4-12(6-11)21-14-2-1-9(7-16)5-13(14)17(19)20/h1-6,18H,8H2. The predicted octanol–water partition coefficient (Wildman–Crippen LogP) is 2.89. The number of ether oxygens (including phenoxy) is 1. The van der Waals surface area contributed by atoms with Crippen LogP contribution in [0.15, 0.2) is 36.4 Å². The Balaban J connectivity index is 2.42. The number of aliphatic hydroxyl groups excluding tert-OH is 1. The van der Waals surface area contributed by atoms with Gasteiger partial charge in [-0.2, -0.15) is 5.26 Å². The minimum Gasteiger partial charge on any atom is -0.450 e.